The molecule has 11 heteroatoms. The summed E-state index contributed by atoms with van der Waals surface area (Å²) in [4.78, 5) is 17.0. The SMILES string of the molecule is CCOC(=O)c1csc(-n2nc(-c3ccc(F)c(C#CC4CC4)c3)c(Cc3ccc(S(N)(=O)=O)cc3)c2CC2CC2)n1. The Morgan fingerprint density at radius 3 is 2.60 bits per heavy atom. The molecule has 2 heterocycles. The Morgan fingerprint density at radius 2 is 1.93 bits per heavy atom. The van der Waals surface area contributed by atoms with Crippen molar-refractivity contribution in [3.63, 3.8) is 0 Å². The maximum Gasteiger partial charge on any atom is 0.357 e. The highest BCUT2D eigenvalue weighted by molar-refractivity contribution is 7.89. The van der Waals surface area contributed by atoms with E-state index in [1.165, 1.54) is 29.5 Å². The first-order valence-electron chi connectivity index (χ1n) is 13.9. The van der Waals surface area contributed by atoms with Crippen molar-refractivity contribution in [1.82, 2.24) is 14.8 Å². The smallest absolute Gasteiger partial charge is 0.357 e. The Morgan fingerprint density at radius 1 is 1.17 bits per heavy atom. The van der Waals surface area contributed by atoms with Gasteiger partial charge in [-0.25, -0.2) is 32.4 Å². The molecule has 2 aliphatic carbocycles. The van der Waals surface area contributed by atoms with Crippen molar-refractivity contribution in [1.29, 1.82) is 0 Å². The van der Waals surface area contributed by atoms with Crippen LogP contribution in [-0.2, 0) is 27.6 Å². The molecule has 0 amide bonds. The molecule has 2 aromatic carbocycles. The van der Waals surface area contributed by atoms with Crippen molar-refractivity contribution < 1.29 is 22.3 Å². The standard InChI is InChI=1S/C31H29FN4O4S2/c1-2-40-30(37)27-18-41-31(34-27)36-28(16-21-5-6-21)25(15-20-8-12-24(13-9-20)42(33,38)39)29(35-36)23-11-14-26(32)22(17-23)10-7-19-3-4-19/h8-9,11-14,17-19,21H,2-6,15-16H2,1H3,(H2,33,38,39). The number of aromatic nitrogens is 3. The third kappa shape index (κ3) is 6.31. The van der Waals surface area contributed by atoms with Gasteiger partial charge >= 0.3 is 5.97 Å². The first-order valence-corrected chi connectivity index (χ1v) is 16.3. The number of rotatable bonds is 9. The van der Waals surface area contributed by atoms with Crippen molar-refractivity contribution >= 4 is 27.3 Å². The first kappa shape index (κ1) is 28.3. The second-order valence-corrected chi connectivity index (χ2v) is 13.1. The quantitative estimate of drug-likeness (QED) is 0.206. The largest absolute Gasteiger partial charge is 0.461 e. The lowest BCUT2D eigenvalue weighted by Gasteiger charge is -2.09. The molecule has 216 valence electrons. The number of carbonyl (C=O) groups is 1. The highest BCUT2D eigenvalue weighted by Gasteiger charge is 2.29. The highest BCUT2D eigenvalue weighted by atomic mass is 32.2. The van der Waals surface area contributed by atoms with E-state index in [0.717, 1.165) is 48.9 Å². The number of esters is 1. The van der Waals surface area contributed by atoms with Gasteiger partial charge < -0.3 is 4.74 Å². The molecule has 8 nitrogen and oxygen atoms in total. The maximum absolute atomic E-state index is 14.8. The average Bonchev–Trinajstić information content (AvgIpc) is 3.88. The van der Waals surface area contributed by atoms with Crippen LogP contribution < -0.4 is 5.14 Å². The zero-order valence-corrected chi connectivity index (χ0v) is 24.6. The fourth-order valence-electron chi connectivity index (χ4n) is 4.70. The third-order valence-electron chi connectivity index (χ3n) is 7.29. The average molecular weight is 605 g/mol. The van der Waals surface area contributed by atoms with E-state index >= 15 is 0 Å². The van der Waals surface area contributed by atoms with Crippen LogP contribution in [0.3, 0.4) is 0 Å². The molecular weight excluding hydrogens is 575 g/mol. The van der Waals surface area contributed by atoms with Crippen LogP contribution in [0.4, 0.5) is 4.39 Å². The molecule has 2 saturated carbocycles. The summed E-state index contributed by atoms with van der Waals surface area (Å²) in [5.74, 6) is 6.08. The lowest BCUT2D eigenvalue weighted by molar-refractivity contribution is 0.0520. The van der Waals surface area contributed by atoms with E-state index < -0.39 is 16.0 Å². The van der Waals surface area contributed by atoms with E-state index in [1.807, 2.05) is 0 Å². The number of carbonyl (C=O) groups excluding carboxylic acids is 1. The lowest BCUT2D eigenvalue weighted by Crippen LogP contribution is -2.12. The summed E-state index contributed by atoms with van der Waals surface area (Å²) in [6.07, 6.45) is 5.48. The fourth-order valence-corrected chi connectivity index (χ4v) is 5.99. The molecule has 4 aromatic rings. The van der Waals surface area contributed by atoms with Crippen molar-refractivity contribution in [3.8, 4) is 28.2 Å². The van der Waals surface area contributed by atoms with E-state index in [-0.39, 0.29) is 23.0 Å². The number of hydrogen-bond acceptors (Lipinski definition) is 7. The van der Waals surface area contributed by atoms with E-state index in [4.69, 9.17) is 15.0 Å². The number of ether oxygens (including phenoxy) is 1. The minimum absolute atomic E-state index is 0.0343. The van der Waals surface area contributed by atoms with Gasteiger partial charge in [-0.2, -0.15) is 5.10 Å². The molecule has 2 aromatic heterocycles. The third-order valence-corrected chi connectivity index (χ3v) is 9.03. The summed E-state index contributed by atoms with van der Waals surface area (Å²) < 4.78 is 45.3. The number of sulfonamides is 1. The Balaban J connectivity index is 1.48. The molecule has 0 unspecified atom stereocenters. The van der Waals surface area contributed by atoms with Crippen molar-refractivity contribution in [2.24, 2.45) is 17.0 Å². The molecule has 0 aliphatic heterocycles. The van der Waals surface area contributed by atoms with Crippen LogP contribution in [-0.4, -0.2) is 35.8 Å². The van der Waals surface area contributed by atoms with Gasteiger partial charge in [-0.05, 0) is 80.8 Å². The Kier molecular flexibility index (Phi) is 7.70. The van der Waals surface area contributed by atoms with Crippen LogP contribution in [0.1, 0.15) is 65.5 Å². The summed E-state index contributed by atoms with van der Waals surface area (Å²) in [7, 11) is -3.83. The predicted octanol–water partition coefficient (Wildman–Crippen LogP) is 5.26. The Labute approximate surface area is 247 Å². The zero-order valence-electron chi connectivity index (χ0n) is 23.0. The van der Waals surface area contributed by atoms with Crippen molar-refractivity contribution in [2.75, 3.05) is 6.61 Å². The van der Waals surface area contributed by atoms with Gasteiger partial charge in [0.25, 0.3) is 0 Å². The Hall–Kier alpha value is -3.85. The number of halogens is 1. The molecule has 2 fully saturated rings. The maximum atomic E-state index is 14.8. The Bertz CT molecular complexity index is 1830. The molecule has 6 rings (SSSR count). The summed E-state index contributed by atoms with van der Waals surface area (Å²) in [5, 5.41) is 12.5. The van der Waals surface area contributed by atoms with Gasteiger partial charge in [-0.15, -0.1) is 11.3 Å². The second kappa shape index (κ2) is 11.4. The van der Waals surface area contributed by atoms with Gasteiger partial charge in [0, 0.05) is 28.8 Å². The number of primary sulfonamides is 1. The molecule has 2 aliphatic rings. The van der Waals surface area contributed by atoms with Crippen LogP contribution >= 0.6 is 11.3 Å². The monoisotopic (exact) mass is 604 g/mol. The minimum atomic E-state index is -3.83. The van der Waals surface area contributed by atoms with Gasteiger partial charge in [-0.3, -0.25) is 0 Å². The molecule has 0 saturated heterocycles. The number of nitrogens with zero attached hydrogens (tertiary/aromatic N) is 3. The number of thiazole rings is 1. The first-order chi connectivity index (χ1) is 20.2. The van der Waals surface area contributed by atoms with Crippen LogP contribution in [0.25, 0.3) is 16.4 Å². The second-order valence-electron chi connectivity index (χ2n) is 10.7. The summed E-state index contributed by atoms with van der Waals surface area (Å²) in [5.41, 5.74) is 4.64. The van der Waals surface area contributed by atoms with E-state index in [9.17, 15) is 17.6 Å². The van der Waals surface area contributed by atoms with E-state index in [0.29, 0.717) is 40.2 Å². The van der Waals surface area contributed by atoms with Crippen LogP contribution in [0, 0.1) is 29.5 Å². The van der Waals surface area contributed by atoms with Crippen molar-refractivity contribution in [2.45, 2.75) is 50.3 Å². The van der Waals surface area contributed by atoms with Crippen LogP contribution in [0.5, 0.6) is 0 Å². The predicted molar refractivity (Wildman–Crippen MR) is 157 cm³/mol. The van der Waals surface area contributed by atoms with Gasteiger partial charge in [-0.1, -0.05) is 24.0 Å². The molecule has 42 heavy (non-hydrogen) atoms. The molecule has 0 radical (unpaired) electrons. The molecule has 0 bridgehead atoms. The van der Waals surface area contributed by atoms with Gasteiger partial charge in [0.1, 0.15) is 5.82 Å². The van der Waals surface area contributed by atoms with Crippen molar-refractivity contribution in [3.05, 3.63) is 81.7 Å². The van der Waals surface area contributed by atoms with Crippen LogP contribution in [0.2, 0.25) is 0 Å². The van der Waals surface area contributed by atoms with Gasteiger partial charge in [0.15, 0.2) is 5.69 Å². The molecule has 0 atom stereocenters. The number of nitrogens with two attached hydrogens (primary N) is 1. The van der Waals surface area contributed by atoms with Gasteiger partial charge in [0.05, 0.1) is 28.5 Å². The molecular formula is C31H29FN4O4S2. The van der Waals surface area contributed by atoms with Crippen LogP contribution in [0.15, 0.2) is 52.7 Å². The molecule has 0 spiro atoms. The normalized spacial score (nSPS) is 14.8. The zero-order chi connectivity index (χ0) is 29.4. The summed E-state index contributed by atoms with van der Waals surface area (Å²) >= 11 is 1.30. The fraction of sp³-hybridized carbons (Fsp3) is 0.323. The minimum Gasteiger partial charge on any atom is -0.461 e. The summed E-state index contributed by atoms with van der Waals surface area (Å²) in [6.45, 7) is 1.99. The van der Waals surface area contributed by atoms with Gasteiger partial charge in [0.2, 0.25) is 15.2 Å². The molecule has 2 N–H and O–H groups in total. The number of hydrogen-bond donors (Lipinski definition) is 1. The summed E-state index contributed by atoms with van der Waals surface area (Å²) in [6, 6.07) is 11.3. The number of benzene rings is 2. The lowest BCUT2D eigenvalue weighted by atomic mass is 9.96. The topological polar surface area (TPSA) is 117 Å². The van der Waals surface area contributed by atoms with E-state index in [2.05, 4.69) is 16.8 Å². The highest BCUT2D eigenvalue weighted by Crippen LogP contribution is 2.38. The van der Waals surface area contributed by atoms with E-state index in [1.54, 1.807) is 41.3 Å².